The van der Waals surface area contributed by atoms with Crippen molar-refractivity contribution in [2.75, 3.05) is 0 Å². The molecule has 2 rings (SSSR count). The summed E-state index contributed by atoms with van der Waals surface area (Å²) in [6.45, 7) is 6.95. The lowest BCUT2D eigenvalue weighted by Gasteiger charge is -2.25. The maximum Gasteiger partial charge on any atom is -0.0161 e. The van der Waals surface area contributed by atoms with Crippen LogP contribution in [0.25, 0.3) is 5.57 Å². The third kappa shape index (κ3) is 4.24. The van der Waals surface area contributed by atoms with Crippen LogP contribution in [0.2, 0.25) is 0 Å². The van der Waals surface area contributed by atoms with Gasteiger partial charge in [-0.15, -0.1) is 0 Å². The van der Waals surface area contributed by atoms with Crippen LogP contribution in [0, 0.1) is 0 Å². The van der Waals surface area contributed by atoms with Gasteiger partial charge in [0, 0.05) is 0 Å². The molecule has 0 atom stereocenters. The molecule has 1 aromatic carbocycles. The number of benzene rings is 1. The normalized spacial score (nSPS) is 14.3. The van der Waals surface area contributed by atoms with E-state index in [1.54, 1.807) is 27.8 Å². The summed E-state index contributed by atoms with van der Waals surface area (Å²) in [4.78, 5) is 0. The second-order valence-corrected chi connectivity index (χ2v) is 6.76. The standard InChI is InChI=1S/C22H34/c1-4-7-8-9-10-11-13-19-14-12-15-20-17-16-18(5-2)21(6-3)22(19)20/h12,14-15H,4-11,13,16-17H2,1-3H3. The first-order chi connectivity index (χ1) is 10.8. The Hall–Kier alpha value is -1.04. The summed E-state index contributed by atoms with van der Waals surface area (Å²) in [6, 6.07) is 7.04. The highest BCUT2D eigenvalue weighted by atomic mass is 14.2. The molecule has 0 bridgehead atoms. The number of aryl methyl sites for hydroxylation is 2. The van der Waals surface area contributed by atoms with Gasteiger partial charge in [0.25, 0.3) is 0 Å². The molecule has 0 spiro atoms. The Balaban J connectivity index is 2.06. The van der Waals surface area contributed by atoms with Gasteiger partial charge in [-0.2, -0.15) is 0 Å². The first-order valence-electron chi connectivity index (χ1n) is 9.63. The molecule has 1 aromatic rings. The SMILES string of the molecule is CCCCCCCCc1cccc2c1C(CC)=C(CC)CC2. The minimum atomic E-state index is 1.20. The quantitative estimate of drug-likeness (QED) is 0.426. The summed E-state index contributed by atoms with van der Waals surface area (Å²) in [7, 11) is 0. The molecule has 0 heterocycles. The largest absolute Gasteiger partial charge is 0.0663 e. The number of rotatable bonds is 9. The zero-order chi connectivity index (χ0) is 15.8. The zero-order valence-electron chi connectivity index (χ0n) is 15.0. The lowest BCUT2D eigenvalue weighted by molar-refractivity contribution is 0.607. The summed E-state index contributed by atoms with van der Waals surface area (Å²) in [5.41, 5.74) is 8.26. The van der Waals surface area contributed by atoms with Crippen LogP contribution >= 0.6 is 0 Å². The van der Waals surface area contributed by atoms with Crippen molar-refractivity contribution < 1.29 is 0 Å². The Kier molecular flexibility index (Phi) is 7.22. The molecule has 1 aliphatic rings. The highest BCUT2D eigenvalue weighted by molar-refractivity contribution is 5.75. The van der Waals surface area contributed by atoms with E-state index in [-0.39, 0.29) is 0 Å². The Morgan fingerprint density at radius 2 is 1.59 bits per heavy atom. The molecular weight excluding hydrogens is 264 g/mol. The zero-order valence-corrected chi connectivity index (χ0v) is 15.0. The molecule has 122 valence electrons. The van der Waals surface area contributed by atoms with Crippen LogP contribution in [-0.2, 0) is 12.8 Å². The number of hydrogen-bond acceptors (Lipinski definition) is 0. The van der Waals surface area contributed by atoms with Crippen molar-refractivity contribution in [2.24, 2.45) is 0 Å². The van der Waals surface area contributed by atoms with E-state index in [0.29, 0.717) is 0 Å². The highest BCUT2D eigenvalue weighted by Crippen LogP contribution is 2.37. The minimum absolute atomic E-state index is 1.20. The first-order valence-corrected chi connectivity index (χ1v) is 9.63. The fraction of sp³-hybridized carbons (Fsp3) is 0.636. The van der Waals surface area contributed by atoms with Gasteiger partial charge in [0.1, 0.15) is 0 Å². The summed E-state index contributed by atoms with van der Waals surface area (Å²) in [6.07, 6.45) is 14.6. The summed E-state index contributed by atoms with van der Waals surface area (Å²) in [5.74, 6) is 0. The van der Waals surface area contributed by atoms with Gasteiger partial charge in [0.05, 0.1) is 0 Å². The van der Waals surface area contributed by atoms with Crippen LogP contribution in [0.15, 0.2) is 23.8 Å². The van der Waals surface area contributed by atoms with E-state index in [9.17, 15) is 0 Å². The Labute approximate surface area is 138 Å². The summed E-state index contributed by atoms with van der Waals surface area (Å²) >= 11 is 0. The molecule has 22 heavy (non-hydrogen) atoms. The maximum absolute atomic E-state index is 2.39. The molecule has 0 nitrogen and oxygen atoms in total. The fourth-order valence-electron chi connectivity index (χ4n) is 3.98. The summed E-state index contributed by atoms with van der Waals surface area (Å²) < 4.78 is 0. The second kappa shape index (κ2) is 9.18. The number of unbranched alkanes of at least 4 members (excludes halogenated alkanes) is 5. The minimum Gasteiger partial charge on any atom is -0.0663 e. The molecule has 0 radical (unpaired) electrons. The van der Waals surface area contributed by atoms with Crippen molar-refractivity contribution in [3.8, 4) is 0 Å². The van der Waals surface area contributed by atoms with Crippen LogP contribution in [-0.4, -0.2) is 0 Å². The van der Waals surface area contributed by atoms with Gasteiger partial charge in [0.15, 0.2) is 0 Å². The number of allylic oxidation sites excluding steroid dienone is 2. The van der Waals surface area contributed by atoms with Crippen LogP contribution < -0.4 is 0 Å². The monoisotopic (exact) mass is 298 g/mol. The number of fused-ring (bicyclic) bond motifs is 1. The van der Waals surface area contributed by atoms with E-state index in [1.807, 2.05) is 0 Å². The van der Waals surface area contributed by atoms with Crippen molar-refractivity contribution in [2.45, 2.75) is 91.4 Å². The van der Waals surface area contributed by atoms with E-state index in [0.717, 1.165) is 0 Å². The molecule has 0 fully saturated rings. The summed E-state index contributed by atoms with van der Waals surface area (Å²) in [5, 5.41) is 0. The molecule has 0 N–H and O–H groups in total. The van der Waals surface area contributed by atoms with Gasteiger partial charge < -0.3 is 0 Å². The van der Waals surface area contributed by atoms with Gasteiger partial charge in [0.2, 0.25) is 0 Å². The predicted molar refractivity (Wildman–Crippen MR) is 99.3 cm³/mol. The van der Waals surface area contributed by atoms with E-state index in [1.165, 1.54) is 70.6 Å². The molecule has 0 aromatic heterocycles. The van der Waals surface area contributed by atoms with Crippen LogP contribution in [0.5, 0.6) is 0 Å². The van der Waals surface area contributed by atoms with E-state index in [4.69, 9.17) is 0 Å². The third-order valence-corrected chi connectivity index (χ3v) is 5.24. The fourth-order valence-corrected chi connectivity index (χ4v) is 3.98. The first kappa shape index (κ1) is 17.3. The molecule has 1 aliphatic carbocycles. The Morgan fingerprint density at radius 3 is 2.32 bits per heavy atom. The Bertz CT molecular complexity index is 493. The number of hydrogen-bond donors (Lipinski definition) is 0. The molecule has 0 saturated heterocycles. The van der Waals surface area contributed by atoms with Gasteiger partial charge in [-0.1, -0.05) is 76.6 Å². The Morgan fingerprint density at radius 1 is 0.818 bits per heavy atom. The average molecular weight is 299 g/mol. The maximum atomic E-state index is 2.39. The van der Waals surface area contributed by atoms with Crippen molar-refractivity contribution in [1.29, 1.82) is 0 Å². The van der Waals surface area contributed by atoms with Gasteiger partial charge >= 0.3 is 0 Å². The third-order valence-electron chi connectivity index (χ3n) is 5.24. The van der Waals surface area contributed by atoms with Gasteiger partial charge in [-0.25, -0.2) is 0 Å². The van der Waals surface area contributed by atoms with Crippen LogP contribution in [0.1, 0.15) is 95.2 Å². The highest BCUT2D eigenvalue weighted by Gasteiger charge is 2.19. The van der Waals surface area contributed by atoms with Crippen LogP contribution in [0.4, 0.5) is 0 Å². The lowest BCUT2D eigenvalue weighted by atomic mass is 9.80. The second-order valence-electron chi connectivity index (χ2n) is 6.76. The molecular formula is C22H34. The van der Waals surface area contributed by atoms with Crippen molar-refractivity contribution in [1.82, 2.24) is 0 Å². The topological polar surface area (TPSA) is 0 Å². The molecule has 0 saturated carbocycles. The average Bonchev–Trinajstić information content (AvgIpc) is 2.56. The smallest absolute Gasteiger partial charge is 0.0161 e. The van der Waals surface area contributed by atoms with Crippen molar-refractivity contribution in [3.05, 3.63) is 40.5 Å². The van der Waals surface area contributed by atoms with E-state index in [2.05, 4.69) is 39.0 Å². The van der Waals surface area contributed by atoms with Gasteiger partial charge in [-0.3, -0.25) is 0 Å². The van der Waals surface area contributed by atoms with Crippen LogP contribution in [0.3, 0.4) is 0 Å². The van der Waals surface area contributed by atoms with E-state index >= 15 is 0 Å². The molecule has 0 unspecified atom stereocenters. The van der Waals surface area contributed by atoms with Crippen molar-refractivity contribution in [3.63, 3.8) is 0 Å². The van der Waals surface area contributed by atoms with Gasteiger partial charge in [-0.05, 0) is 60.8 Å². The molecule has 0 amide bonds. The molecule has 0 heteroatoms. The predicted octanol–water partition coefficient (Wildman–Crippen LogP) is 7.11. The molecule has 0 aliphatic heterocycles. The van der Waals surface area contributed by atoms with E-state index < -0.39 is 0 Å². The van der Waals surface area contributed by atoms with Crippen molar-refractivity contribution >= 4 is 5.57 Å². The lowest BCUT2D eigenvalue weighted by Crippen LogP contribution is -2.08.